The molecule has 1 atom stereocenters. The molecule has 0 aliphatic heterocycles. The number of rotatable bonds is 11. The Kier molecular flexibility index (Phi) is 10.9. The van der Waals surface area contributed by atoms with Crippen molar-refractivity contribution in [2.75, 3.05) is 17.4 Å². The van der Waals surface area contributed by atoms with Crippen LogP contribution in [0.2, 0.25) is 15.1 Å². The number of aryl methyl sites for hydroxylation is 1. The number of sulfonamides is 1. The summed E-state index contributed by atoms with van der Waals surface area (Å²) >= 11 is 19.2. The monoisotopic (exact) mass is 623 g/mol. The average Bonchev–Trinajstić information content (AvgIpc) is 2.91. The Labute approximate surface area is 251 Å². The summed E-state index contributed by atoms with van der Waals surface area (Å²) in [6, 6.07) is 15.2. The Morgan fingerprint density at radius 2 is 1.48 bits per heavy atom. The van der Waals surface area contributed by atoms with Crippen molar-refractivity contribution in [1.82, 2.24) is 10.2 Å². The SMILES string of the molecule is CCCNC(=O)C(C)N(Cc1c(Cl)cccc1Cl)C(=O)CN(c1cccc(Cl)c1C)S(=O)(=O)c1ccc(C)cc1. The van der Waals surface area contributed by atoms with E-state index in [4.69, 9.17) is 34.8 Å². The van der Waals surface area contributed by atoms with Crippen molar-refractivity contribution < 1.29 is 18.0 Å². The molecule has 0 saturated heterocycles. The molecule has 214 valence electrons. The van der Waals surface area contributed by atoms with Crippen molar-refractivity contribution in [3.05, 3.63) is 92.4 Å². The van der Waals surface area contributed by atoms with E-state index in [0.29, 0.717) is 39.2 Å². The van der Waals surface area contributed by atoms with Gasteiger partial charge in [0.1, 0.15) is 12.6 Å². The van der Waals surface area contributed by atoms with Crippen molar-refractivity contribution >= 4 is 62.3 Å². The van der Waals surface area contributed by atoms with E-state index in [0.717, 1.165) is 9.87 Å². The van der Waals surface area contributed by atoms with Gasteiger partial charge in [0.25, 0.3) is 10.0 Å². The highest BCUT2D eigenvalue weighted by atomic mass is 35.5. The van der Waals surface area contributed by atoms with E-state index in [1.54, 1.807) is 62.4 Å². The summed E-state index contributed by atoms with van der Waals surface area (Å²) in [5, 5.41) is 3.79. The highest BCUT2D eigenvalue weighted by molar-refractivity contribution is 7.92. The summed E-state index contributed by atoms with van der Waals surface area (Å²) in [7, 11) is -4.21. The third-order valence-electron chi connectivity index (χ3n) is 6.50. The number of nitrogens with one attached hydrogen (secondary N) is 1. The minimum Gasteiger partial charge on any atom is -0.354 e. The molecule has 2 amide bonds. The van der Waals surface area contributed by atoms with E-state index in [1.165, 1.54) is 17.0 Å². The van der Waals surface area contributed by atoms with Crippen LogP contribution >= 0.6 is 34.8 Å². The molecule has 0 radical (unpaired) electrons. The van der Waals surface area contributed by atoms with Crippen molar-refractivity contribution in [1.29, 1.82) is 0 Å². The Morgan fingerprint density at radius 1 is 0.900 bits per heavy atom. The van der Waals surface area contributed by atoms with Crippen LogP contribution in [0.5, 0.6) is 0 Å². The Hall–Kier alpha value is -2.78. The minimum absolute atomic E-state index is 0.0136. The first-order valence-electron chi connectivity index (χ1n) is 12.7. The molecule has 3 rings (SSSR count). The maximum atomic E-state index is 14.0. The van der Waals surface area contributed by atoms with Crippen LogP contribution in [-0.2, 0) is 26.2 Å². The van der Waals surface area contributed by atoms with Gasteiger partial charge in [-0.15, -0.1) is 0 Å². The lowest BCUT2D eigenvalue weighted by Crippen LogP contribution is -2.51. The van der Waals surface area contributed by atoms with Crippen LogP contribution in [0.25, 0.3) is 0 Å². The molecule has 7 nitrogen and oxygen atoms in total. The summed E-state index contributed by atoms with van der Waals surface area (Å²) in [5.74, 6) is -1.00. The molecule has 0 fully saturated rings. The number of hydrogen-bond donors (Lipinski definition) is 1. The maximum absolute atomic E-state index is 14.0. The number of amides is 2. The fraction of sp³-hybridized carbons (Fsp3) is 0.310. The Balaban J connectivity index is 2.10. The zero-order chi connectivity index (χ0) is 29.6. The second-order valence-electron chi connectivity index (χ2n) is 9.40. The molecule has 0 bridgehead atoms. The third-order valence-corrected chi connectivity index (χ3v) is 9.39. The van der Waals surface area contributed by atoms with Crippen molar-refractivity contribution in [2.45, 2.75) is 51.6 Å². The molecule has 0 saturated carbocycles. The molecule has 3 aromatic rings. The molecule has 11 heteroatoms. The number of nitrogens with zero attached hydrogens (tertiary/aromatic N) is 2. The molecule has 3 aromatic carbocycles. The van der Waals surface area contributed by atoms with Gasteiger partial charge in [0, 0.05) is 33.7 Å². The molecule has 0 spiro atoms. The molecule has 0 aliphatic rings. The smallest absolute Gasteiger partial charge is 0.264 e. The lowest BCUT2D eigenvalue weighted by Gasteiger charge is -2.33. The number of carbonyl (C=O) groups excluding carboxylic acids is 2. The fourth-order valence-electron chi connectivity index (χ4n) is 4.05. The van der Waals surface area contributed by atoms with Gasteiger partial charge in [0.2, 0.25) is 11.8 Å². The lowest BCUT2D eigenvalue weighted by molar-refractivity contribution is -0.139. The van der Waals surface area contributed by atoms with Crippen molar-refractivity contribution in [2.24, 2.45) is 0 Å². The van der Waals surface area contributed by atoms with Crippen LogP contribution in [0.1, 0.15) is 37.0 Å². The molecule has 1 N–H and O–H groups in total. The van der Waals surface area contributed by atoms with Gasteiger partial charge in [-0.05, 0) is 69.2 Å². The highest BCUT2D eigenvalue weighted by Crippen LogP contribution is 2.32. The third kappa shape index (κ3) is 7.29. The topological polar surface area (TPSA) is 86.8 Å². The van der Waals surface area contributed by atoms with Gasteiger partial charge in [-0.1, -0.05) is 71.6 Å². The number of anilines is 1. The highest BCUT2D eigenvalue weighted by Gasteiger charge is 2.33. The summed E-state index contributed by atoms with van der Waals surface area (Å²) in [5.41, 5.74) is 2.07. The number of hydrogen-bond acceptors (Lipinski definition) is 4. The van der Waals surface area contributed by atoms with Gasteiger partial charge in [0.15, 0.2) is 0 Å². The van der Waals surface area contributed by atoms with Gasteiger partial charge in [-0.3, -0.25) is 13.9 Å². The summed E-state index contributed by atoms with van der Waals surface area (Å²) in [6.45, 7) is 6.75. The Morgan fingerprint density at radius 3 is 2.08 bits per heavy atom. The molecule has 1 unspecified atom stereocenters. The van der Waals surface area contributed by atoms with E-state index in [-0.39, 0.29) is 23.0 Å². The van der Waals surface area contributed by atoms with Crippen LogP contribution in [0.15, 0.2) is 65.6 Å². The van der Waals surface area contributed by atoms with Gasteiger partial charge >= 0.3 is 0 Å². The number of halogens is 3. The molecule has 0 aromatic heterocycles. The predicted molar refractivity (Wildman–Crippen MR) is 162 cm³/mol. The largest absolute Gasteiger partial charge is 0.354 e. The number of benzene rings is 3. The van der Waals surface area contributed by atoms with E-state index in [1.807, 2.05) is 13.8 Å². The first-order valence-corrected chi connectivity index (χ1v) is 15.3. The van der Waals surface area contributed by atoms with Gasteiger partial charge in [0.05, 0.1) is 10.6 Å². The van der Waals surface area contributed by atoms with Gasteiger partial charge in [-0.2, -0.15) is 0 Å². The standard InChI is InChI=1S/C29H32Cl3N3O4S/c1-5-16-33-29(37)21(4)34(17-23-25(31)9-6-10-26(23)32)28(36)18-35(27-11-7-8-24(30)20(27)3)40(38,39)22-14-12-19(2)13-15-22/h6-15,21H,5,16-18H2,1-4H3,(H,33,37). The van der Waals surface area contributed by atoms with E-state index < -0.39 is 28.5 Å². The first kappa shape index (κ1) is 31.7. The molecule has 0 heterocycles. The first-order chi connectivity index (χ1) is 18.9. The fourth-order valence-corrected chi connectivity index (χ4v) is 6.21. The second-order valence-corrected chi connectivity index (χ2v) is 12.5. The summed E-state index contributed by atoms with van der Waals surface area (Å²) in [6.07, 6.45) is 0.708. The van der Waals surface area contributed by atoms with Crippen LogP contribution in [0.4, 0.5) is 5.69 Å². The normalized spacial score (nSPS) is 12.1. The van der Waals surface area contributed by atoms with Gasteiger partial charge in [-0.25, -0.2) is 8.42 Å². The van der Waals surface area contributed by atoms with Crippen LogP contribution in [-0.4, -0.2) is 44.3 Å². The minimum atomic E-state index is -4.21. The predicted octanol–water partition coefficient (Wildman–Crippen LogP) is 6.40. The van der Waals surface area contributed by atoms with E-state index in [2.05, 4.69) is 5.32 Å². The molecule has 0 aliphatic carbocycles. The summed E-state index contributed by atoms with van der Waals surface area (Å²) < 4.78 is 29.0. The molecular formula is C29H32Cl3N3O4S. The summed E-state index contributed by atoms with van der Waals surface area (Å²) in [4.78, 5) is 28.3. The molecular weight excluding hydrogens is 593 g/mol. The van der Waals surface area contributed by atoms with Crippen molar-refractivity contribution in [3.8, 4) is 0 Å². The van der Waals surface area contributed by atoms with Crippen molar-refractivity contribution in [3.63, 3.8) is 0 Å². The lowest BCUT2D eigenvalue weighted by atomic mass is 10.1. The Bertz CT molecular complexity index is 1460. The van der Waals surface area contributed by atoms with E-state index >= 15 is 0 Å². The van der Waals surface area contributed by atoms with Crippen LogP contribution in [0, 0.1) is 13.8 Å². The zero-order valence-corrected chi connectivity index (χ0v) is 25.8. The second kappa shape index (κ2) is 13.7. The average molecular weight is 625 g/mol. The quantitative estimate of drug-likeness (QED) is 0.267. The van der Waals surface area contributed by atoms with Crippen LogP contribution < -0.4 is 9.62 Å². The number of carbonyl (C=O) groups is 2. The van der Waals surface area contributed by atoms with Gasteiger partial charge < -0.3 is 10.2 Å². The maximum Gasteiger partial charge on any atom is 0.264 e. The molecule has 40 heavy (non-hydrogen) atoms. The zero-order valence-electron chi connectivity index (χ0n) is 22.7. The van der Waals surface area contributed by atoms with Crippen LogP contribution in [0.3, 0.4) is 0 Å². The van der Waals surface area contributed by atoms with E-state index in [9.17, 15) is 18.0 Å².